The number of para-hydroxylation sites is 2. The molecular formula is C14H14N2O3. The molecule has 2 aromatic rings. The van der Waals surface area contributed by atoms with Crippen LogP contribution in [0.4, 0.5) is 5.69 Å². The van der Waals surface area contributed by atoms with E-state index in [0.29, 0.717) is 12.2 Å². The second-order valence-corrected chi connectivity index (χ2v) is 3.97. The summed E-state index contributed by atoms with van der Waals surface area (Å²) in [5.41, 5.74) is 1.83. The Morgan fingerprint density at radius 3 is 2.47 bits per heavy atom. The van der Waals surface area contributed by atoms with Crippen molar-refractivity contribution in [2.45, 2.75) is 6.42 Å². The summed E-state index contributed by atoms with van der Waals surface area (Å²) >= 11 is 0. The minimum atomic E-state index is -0.808. The quantitative estimate of drug-likeness (QED) is 0.639. The fourth-order valence-electron chi connectivity index (χ4n) is 1.76. The van der Waals surface area contributed by atoms with Gasteiger partial charge in [0.05, 0.1) is 5.69 Å². The molecule has 0 unspecified atom stereocenters. The Hall–Kier alpha value is -2.56. The van der Waals surface area contributed by atoms with E-state index in [1.807, 2.05) is 30.3 Å². The summed E-state index contributed by atoms with van der Waals surface area (Å²) in [7, 11) is 0. The van der Waals surface area contributed by atoms with Gasteiger partial charge in [-0.05, 0) is 24.1 Å². The Kier molecular flexibility index (Phi) is 4.34. The highest BCUT2D eigenvalue weighted by atomic mass is 17.0. The maximum Gasteiger partial charge on any atom is 0.299 e. The molecule has 0 aliphatic rings. The van der Waals surface area contributed by atoms with Gasteiger partial charge >= 0.3 is 0 Å². The van der Waals surface area contributed by atoms with Crippen molar-refractivity contribution in [2.75, 3.05) is 11.9 Å². The van der Waals surface area contributed by atoms with Gasteiger partial charge in [-0.2, -0.15) is 0 Å². The average Bonchev–Trinajstić information content (AvgIpc) is 2.41. The first-order valence-electron chi connectivity index (χ1n) is 5.95. The largest absolute Gasteiger partial charge is 0.383 e. The van der Waals surface area contributed by atoms with E-state index in [-0.39, 0.29) is 5.75 Å². The van der Waals surface area contributed by atoms with E-state index in [0.717, 1.165) is 6.42 Å². The predicted octanol–water partition coefficient (Wildman–Crippen LogP) is 2.91. The molecule has 5 heteroatoms. The van der Waals surface area contributed by atoms with E-state index in [2.05, 4.69) is 10.2 Å². The van der Waals surface area contributed by atoms with E-state index < -0.39 is 5.09 Å². The lowest BCUT2D eigenvalue weighted by Gasteiger charge is -2.10. The molecule has 0 aliphatic heterocycles. The van der Waals surface area contributed by atoms with Crippen LogP contribution in [0, 0.1) is 10.1 Å². The van der Waals surface area contributed by atoms with Gasteiger partial charge in [0.15, 0.2) is 0 Å². The zero-order chi connectivity index (χ0) is 13.5. The van der Waals surface area contributed by atoms with Crippen LogP contribution in [0.15, 0.2) is 54.6 Å². The Labute approximate surface area is 110 Å². The van der Waals surface area contributed by atoms with Crippen molar-refractivity contribution in [1.82, 2.24) is 0 Å². The molecule has 0 aromatic heterocycles. The number of nitrogens with one attached hydrogen (secondary N) is 1. The molecule has 0 fully saturated rings. The molecule has 2 aromatic carbocycles. The summed E-state index contributed by atoms with van der Waals surface area (Å²) in [6.07, 6.45) is 0.841. The maximum absolute atomic E-state index is 10.4. The van der Waals surface area contributed by atoms with Crippen LogP contribution in [0.2, 0.25) is 0 Å². The minimum Gasteiger partial charge on any atom is -0.383 e. The number of hydrogen-bond donors (Lipinski definition) is 1. The molecule has 19 heavy (non-hydrogen) atoms. The van der Waals surface area contributed by atoms with Crippen LogP contribution in [-0.2, 0) is 6.42 Å². The molecule has 0 saturated heterocycles. The van der Waals surface area contributed by atoms with Crippen LogP contribution in [-0.4, -0.2) is 11.6 Å². The second-order valence-electron chi connectivity index (χ2n) is 3.97. The van der Waals surface area contributed by atoms with Gasteiger partial charge in [0, 0.05) is 6.54 Å². The number of benzene rings is 2. The average molecular weight is 258 g/mol. The van der Waals surface area contributed by atoms with Crippen molar-refractivity contribution in [3.8, 4) is 5.75 Å². The molecule has 0 amide bonds. The van der Waals surface area contributed by atoms with Gasteiger partial charge in [0.25, 0.3) is 5.09 Å². The number of nitrogens with zero attached hydrogens (tertiary/aromatic N) is 1. The lowest BCUT2D eigenvalue weighted by molar-refractivity contribution is -0.710. The second kappa shape index (κ2) is 6.39. The summed E-state index contributed by atoms with van der Waals surface area (Å²) < 4.78 is 0. The highest BCUT2D eigenvalue weighted by Gasteiger charge is 2.05. The molecule has 0 spiro atoms. The third kappa shape index (κ3) is 3.99. The highest BCUT2D eigenvalue weighted by Crippen LogP contribution is 2.23. The summed E-state index contributed by atoms with van der Waals surface area (Å²) in [6.45, 7) is 0.683. The molecular weight excluding hydrogens is 244 g/mol. The van der Waals surface area contributed by atoms with Crippen molar-refractivity contribution < 1.29 is 9.92 Å². The summed E-state index contributed by atoms with van der Waals surface area (Å²) in [5.74, 6) is 0.223. The third-order valence-corrected chi connectivity index (χ3v) is 2.63. The molecule has 0 saturated carbocycles. The number of rotatable bonds is 6. The molecule has 0 radical (unpaired) electrons. The predicted molar refractivity (Wildman–Crippen MR) is 72.7 cm³/mol. The Bertz CT molecular complexity index is 543. The van der Waals surface area contributed by atoms with E-state index >= 15 is 0 Å². The minimum absolute atomic E-state index is 0.223. The van der Waals surface area contributed by atoms with E-state index in [1.54, 1.807) is 24.3 Å². The zero-order valence-electron chi connectivity index (χ0n) is 10.3. The van der Waals surface area contributed by atoms with Crippen molar-refractivity contribution in [1.29, 1.82) is 0 Å². The van der Waals surface area contributed by atoms with Gasteiger partial charge in [0.2, 0.25) is 0 Å². The van der Waals surface area contributed by atoms with Crippen molar-refractivity contribution >= 4 is 5.69 Å². The normalized spacial score (nSPS) is 9.89. The molecule has 0 aliphatic carbocycles. The van der Waals surface area contributed by atoms with Crippen LogP contribution >= 0.6 is 0 Å². The van der Waals surface area contributed by atoms with Crippen molar-refractivity contribution in [2.24, 2.45) is 0 Å². The monoisotopic (exact) mass is 258 g/mol. The smallest absolute Gasteiger partial charge is 0.299 e. The number of hydrogen-bond acceptors (Lipinski definition) is 4. The van der Waals surface area contributed by atoms with Crippen molar-refractivity contribution in [3.63, 3.8) is 0 Å². The van der Waals surface area contributed by atoms with Crippen LogP contribution < -0.4 is 10.2 Å². The van der Waals surface area contributed by atoms with Gasteiger partial charge in [-0.1, -0.05) is 42.5 Å². The summed E-state index contributed by atoms with van der Waals surface area (Å²) in [5, 5.41) is 12.7. The fourth-order valence-corrected chi connectivity index (χ4v) is 1.76. The van der Waals surface area contributed by atoms with Gasteiger partial charge in [-0.15, -0.1) is 10.1 Å². The van der Waals surface area contributed by atoms with Gasteiger partial charge in [-0.25, -0.2) is 0 Å². The maximum atomic E-state index is 10.4. The lowest BCUT2D eigenvalue weighted by Crippen LogP contribution is -2.09. The van der Waals surface area contributed by atoms with E-state index in [4.69, 9.17) is 0 Å². The third-order valence-electron chi connectivity index (χ3n) is 2.63. The van der Waals surface area contributed by atoms with E-state index in [1.165, 1.54) is 5.56 Å². The van der Waals surface area contributed by atoms with Crippen LogP contribution in [0.1, 0.15) is 5.56 Å². The summed E-state index contributed by atoms with van der Waals surface area (Å²) in [4.78, 5) is 14.9. The van der Waals surface area contributed by atoms with Gasteiger partial charge in [0.1, 0.15) is 5.75 Å². The van der Waals surface area contributed by atoms with E-state index in [9.17, 15) is 10.1 Å². The zero-order valence-corrected chi connectivity index (χ0v) is 10.3. The molecule has 2 rings (SSSR count). The Balaban J connectivity index is 1.94. The highest BCUT2D eigenvalue weighted by molar-refractivity contribution is 5.55. The Morgan fingerprint density at radius 2 is 1.74 bits per heavy atom. The standard InChI is InChI=1S/C14H14N2O3/c17-16(18)19-14-9-5-4-8-13(14)15-11-10-12-6-2-1-3-7-12/h1-9,15H,10-11H2. The van der Waals surface area contributed by atoms with Crippen LogP contribution in [0.3, 0.4) is 0 Å². The molecule has 5 nitrogen and oxygen atoms in total. The van der Waals surface area contributed by atoms with Gasteiger partial charge in [-0.3, -0.25) is 4.84 Å². The first-order valence-corrected chi connectivity index (χ1v) is 5.95. The molecule has 0 heterocycles. The lowest BCUT2D eigenvalue weighted by atomic mass is 10.1. The number of anilines is 1. The van der Waals surface area contributed by atoms with Crippen LogP contribution in [0.5, 0.6) is 5.75 Å². The van der Waals surface area contributed by atoms with Gasteiger partial charge < -0.3 is 5.32 Å². The molecule has 0 bridgehead atoms. The molecule has 98 valence electrons. The first kappa shape index (κ1) is 12.9. The summed E-state index contributed by atoms with van der Waals surface area (Å²) in [6, 6.07) is 16.8. The fraction of sp³-hybridized carbons (Fsp3) is 0.143. The van der Waals surface area contributed by atoms with Crippen molar-refractivity contribution in [3.05, 3.63) is 70.3 Å². The molecule has 0 atom stereocenters. The SMILES string of the molecule is O=[N+]([O-])Oc1ccccc1NCCc1ccccc1. The molecule has 1 N–H and O–H groups in total. The van der Waals surface area contributed by atoms with Crippen LogP contribution in [0.25, 0.3) is 0 Å². The first-order chi connectivity index (χ1) is 9.25. The Morgan fingerprint density at radius 1 is 1.05 bits per heavy atom. The topological polar surface area (TPSA) is 64.4 Å².